The SMILES string of the molecule is CSCCC(=O)N1CCC(C)C(c2ncc3cnc4[nH]ccc4n23)C1. The number of imidazole rings is 1. The van der Waals surface area contributed by atoms with Crippen LogP contribution in [0, 0.1) is 5.92 Å². The van der Waals surface area contributed by atoms with Crippen molar-refractivity contribution in [3.8, 4) is 0 Å². The number of likely N-dealkylation sites (tertiary alicyclic amines) is 1. The summed E-state index contributed by atoms with van der Waals surface area (Å²) in [5, 5.41) is 0. The number of rotatable bonds is 4. The van der Waals surface area contributed by atoms with Crippen LogP contribution in [0.4, 0.5) is 0 Å². The number of nitrogens with zero attached hydrogens (tertiary/aromatic N) is 4. The van der Waals surface area contributed by atoms with E-state index in [9.17, 15) is 4.79 Å². The van der Waals surface area contributed by atoms with Crippen molar-refractivity contribution in [2.75, 3.05) is 25.1 Å². The molecule has 4 heterocycles. The van der Waals surface area contributed by atoms with Crippen molar-refractivity contribution in [2.45, 2.75) is 25.7 Å². The van der Waals surface area contributed by atoms with Crippen LogP contribution < -0.4 is 0 Å². The van der Waals surface area contributed by atoms with Gasteiger partial charge >= 0.3 is 0 Å². The van der Waals surface area contributed by atoms with Gasteiger partial charge in [0.25, 0.3) is 0 Å². The lowest BCUT2D eigenvalue weighted by molar-refractivity contribution is -0.132. The first-order chi connectivity index (χ1) is 12.2. The number of hydrogen-bond donors (Lipinski definition) is 1. The first-order valence-electron chi connectivity index (χ1n) is 8.75. The van der Waals surface area contributed by atoms with E-state index in [1.165, 1.54) is 0 Å². The molecule has 1 aliphatic heterocycles. The molecule has 2 atom stereocenters. The van der Waals surface area contributed by atoms with Crippen LogP contribution >= 0.6 is 11.8 Å². The summed E-state index contributed by atoms with van der Waals surface area (Å²) in [6, 6.07) is 2.04. The molecule has 1 saturated heterocycles. The molecule has 2 unspecified atom stereocenters. The summed E-state index contributed by atoms with van der Waals surface area (Å²) in [5.74, 6) is 2.93. The molecule has 0 radical (unpaired) electrons. The summed E-state index contributed by atoms with van der Waals surface area (Å²) in [4.78, 5) is 26.8. The van der Waals surface area contributed by atoms with Gasteiger partial charge in [-0.3, -0.25) is 9.20 Å². The molecule has 1 fully saturated rings. The number of carbonyl (C=O) groups excluding carboxylic acids is 1. The van der Waals surface area contributed by atoms with Gasteiger partial charge in [0.05, 0.1) is 23.4 Å². The molecule has 3 aromatic heterocycles. The monoisotopic (exact) mass is 357 g/mol. The van der Waals surface area contributed by atoms with E-state index in [0.29, 0.717) is 12.3 Å². The first-order valence-corrected chi connectivity index (χ1v) is 10.1. The fraction of sp³-hybridized carbons (Fsp3) is 0.500. The average molecular weight is 357 g/mol. The summed E-state index contributed by atoms with van der Waals surface area (Å²) >= 11 is 1.72. The summed E-state index contributed by atoms with van der Waals surface area (Å²) in [5.41, 5.74) is 2.91. The maximum absolute atomic E-state index is 12.5. The van der Waals surface area contributed by atoms with Gasteiger partial charge in [0.1, 0.15) is 5.82 Å². The van der Waals surface area contributed by atoms with Crippen LogP contribution in [-0.4, -0.2) is 55.3 Å². The normalized spacial score (nSPS) is 21.3. The molecule has 6 nitrogen and oxygen atoms in total. The van der Waals surface area contributed by atoms with Crippen LogP contribution in [0.1, 0.15) is 31.5 Å². The number of piperidine rings is 1. The molecule has 0 bridgehead atoms. The lowest BCUT2D eigenvalue weighted by Gasteiger charge is -2.36. The standard InChI is InChI=1S/C18H23N5OS/c1-12-4-7-22(16(24)5-8-25-2)11-14(12)18-21-10-13-9-20-17-15(23(13)18)3-6-19-17/h3,6,9-10,12,14,19H,4-5,7-8,11H2,1-2H3. The minimum atomic E-state index is 0.245. The van der Waals surface area contributed by atoms with Crippen molar-refractivity contribution < 1.29 is 4.79 Å². The molecule has 3 aromatic rings. The van der Waals surface area contributed by atoms with Crippen molar-refractivity contribution in [2.24, 2.45) is 5.92 Å². The molecule has 0 saturated carbocycles. The second-order valence-electron chi connectivity index (χ2n) is 6.80. The van der Waals surface area contributed by atoms with Crippen LogP contribution in [0.25, 0.3) is 16.7 Å². The summed E-state index contributed by atoms with van der Waals surface area (Å²) in [6.07, 6.45) is 9.33. The summed E-state index contributed by atoms with van der Waals surface area (Å²) < 4.78 is 2.19. The Balaban J connectivity index is 1.69. The maximum atomic E-state index is 12.5. The van der Waals surface area contributed by atoms with Gasteiger partial charge in [-0.2, -0.15) is 11.8 Å². The molecule has 1 aliphatic rings. The topological polar surface area (TPSA) is 66.3 Å². The largest absolute Gasteiger partial charge is 0.345 e. The highest BCUT2D eigenvalue weighted by Crippen LogP contribution is 2.33. The third kappa shape index (κ3) is 2.90. The zero-order valence-electron chi connectivity index (χ0n) is 14.6. The highest BCUT2D eigenvalue weighted by molar-refractivity contribution is 7.98. The van der Waals surface area contributed by atoms with Crippen molar-refractivity contribution in [3.05, 3.63) is 30.5 Å². The number of aromatic amines is 1. The fourth-order valence-corrected chi connectivity index (χ4v) is 4.12. The van der Waals surface area contributed by atoms with E-state index in [0.717, 1.165) is 47.8 Å². The minimum Gasteiger partial charge on any atom is -0.345 e. The molecule has 0 spiro atoms. The Morgan fingerprint density at radius 2 is 2.24 bits per heavy atom. The van der Waals surface area contributed by atoms with E-state index in [4.69, 9.17) is 4.98 Å². The van der Waals surface area contributed by atoms with Gasteiger partial charge < -0.3 is 9.88 Å². The molecular weight excluding hydrogens is 334 g/mol. The van der Waals surface area contributed by atoms with Gasteiger partial charge in [0.15, 0.2) is 5.65 Å². The number of fused-ring (bicyclic) bond motifs is 3. The van der Waals surface area contributed by atoms with Crippen LogP contribution in [0.5, 0.6) is 0 Å². The highest BCUT2D eigenvalue weighted by atomic mass is 32.2. The number of hydrogen-bond acceptors (Lipinski definition) is 4. The Morgan fingerprint density at radius 1 is 1.40 bits per heavy atom. The number of thioether (sulfide) groups is 1. The van der Waals surface area contributed by atoms with E-state index in [2.05, 4.69) is 21.3 Å². The van der Waals surface area contributed by atoms with Crippen LogP contribution in [0.15, 0.2) is 24.7 Å². The van der Waals surface area contributed by atoms with Crippen LogP contribution in [-0.2, 0) is 4.79 Å². The Morgan fingerprint density at radius 3 is 3.08 bits per heavy atom. The van der Waals surface area contributed by atoms with Crippen molar-refractivity contribution >= 4 is 34.3 Å². The van der Waals surface area contributed by atoms with Gasteiger partial charge in [0.2, 0.25) is 5.91 Å². The molecule has 1 N–H and O–H groups in total. The second kappa shape index (κ2) is 6.71. The smallest absolute Gasteiger partial charge is 0.223 e. The molecular formula is C18H23N5OS. The Kier molecular flexibility index (Phi) is 4.41. The minimum absolute atomic E-state index is 0.245. The van der Waals surface area contributed by atoms with E-state index in [1.807, 2.05) is 35.8 Å². The third-order valence-electron chi connectivity index (χ3n) is 5.25. The predicted molar refractivity (Wildman–Crippen MR) is 101 cm³/mol. The number of carbonyl (C=O) groups is 1. The average Bonchev–Trinajstić information content (AvgIpc) is 3.25. The van der Waals surface area contributed by atoms with E-state index >= 15 is 0 Å². The van der Waals surface area contributed by atoms with E-state index in [1.54, 1.807) is 11.8 Å². The lowest BCUT2D eigenvalue weighted by Crippen LogP contribution is -2.42. The molecule has 25 heavy (non-hydrogen) atoms. The molecule has 0 aliphatic carbocycles. The fourth-order valence-electron chi connectivity index (χ4n) is 3.74. The third-order valence-corrected chi connectivity index (χ3v) is 5.86. The zero-order chi connectivity index (χ0) is 17.4. The van der Waals surface area contributed by atoms with Crippen molar-refractivity contribution in [1.29, 1.82) is 0 Å². The second-order valence-corrected chi connectivity index (χ2v) is 7.79. The van der Waals surface area contributed by atoms with Crippen LogP contribution in [0.3, 0.4) is 0 Å². The van der Waals surface area contributed by atoms with Gasteiger partial charge in [-0.05, 0) is 24.7 Å². The predicted octanol–water partition coefficient (Wildman–Crippen LogP) is 2.92. The maximum Gasteiger partial charge on any atom is 0.223 e. The quantitative estimate of drug-likeness (QED) is 0.780. The molecule has 4 rings (SSSR count). The number of aromatic nitrogens is 4. The van der Waals surface area contributed by atoms with Gasteiger partial charge in [-0.15, -0.1) is 0 Å². The molecule has 1 amide bonds. The molecule has 7 heteroatoms. The van der Waals surface area contributed by atoms with Crippen molar-refractivity contribution in [3.63, 3.8) is 0 Å². The summed E-state index contributed by atoms with van der Waals surface area (Å²) in [7, 11) is 0. The van der Waals surface area contributed by atoms with Gasteiger partial charge in [-0.1, -0.05) is 6.92 Å². The number of amides is 1. The Hall–Kier alpha value is -2.02. The van der Waals surface area contributed by atoms with Crippen LogP contribution in [0.2, 0.25) is 0 Å². The summed E-state index contributed by atoms with van der Waals surface area (Å²) in [6.45, 7) is 3.88. The van der Waals surface area contributed by atoms with Gasteiger partial charge in [-0.25, -0.2) is 9.97 Å². The van der Waals surface area contributed by atoms with E-state index < -0.39 is 0 Å². The lowest BCUT2D eigenvalue weighted by atomic mass is 9.86. The highest BCUT2D eigenvalue weighted by Gasteiger charge is 2.32. The Bertz CT molecular complexity index is 901. The zero-order valence-corrected chi connectivity index (χ0v) is 15.4. The van der Waals surface area contributed by atoms with E-state index in [-0.39, 0.29) is 11.8 Å². The number of nitrogens with one attached hydrogen (secondary N) is 1. The van der Waals surface area contributed by atoms with Gasteiger partial charge in [0, 0.05) is 37.4 Å². The molecule has 0 aromatic carbocycles. The number of H-pyrrole nitrogens is 1. The molecule has 132 valence electrons. The first kappa shape index (κ1) is 16.4. The van der Waals surface area contributed by atoms with Crippen molar-refractivity contribution in [1.82, 2.24) is 24.3 Å². The Labute approximate surface area is 151 Å².